The summed E-state index contributed by atoms with van der Waals surface area (Å²) in [6, 6.07) is 0. The number of hydrogen-bond acceptors (Lipinski definition) is 10. The number of carbonyl (C=O) groups excluding carboxylic acids is 2. The molecule has 0 rings (SSSR count). The van der Waals surface area contributed by atoms with Crippen molar-refractivity contribution in [3.63, 3.8) is 0 Å². The van der Waals surface area contributed by atoms with Crippen molar-refractivity contribution in [2.45, 2.75) is 148 Å². The molecule has 0 heterocycles. The monoisotopic (exact) mass is 782 g/mol. The molecule has 12 heteroatoms. The third-order valence-corrected chi connectivity index (χ3v) is 8.85. The van der Waals surface area contributed by atoms with E-state index in [1.54, 1.807) is 6.08 Å². The maximum Gasteiger partial charge on any atom is 0.472 e. The predicted octanol–water partition coefficient (Wildman–Crippen LogP) is 8.93. The van der Waals surface area contributed by atoms with Gasteiger partial charge in [0.25, 0.3) is 0 Å². The number of phosphoric ester groups is 1. The van der Waals surface area contributed by atoms with Crippen molar-refractivity contribution in [2.75, 3.05) is 26.4 Å². The molecule has 0 saturated carbocycles. The van der Waals surface area contributed by atoms with Gasteiger partial charge in [0.15, 0.2) is 6.10 Å². The summed E-state index contributed by atoms with van der Waals surface area (Å²) >= 11 is 0. The Balaban J connectivity index is 4.56. The van der Waals surface area contributed by atoms with Crippen LogP contribution in [0, 0.1) is 5.92 Å². The van der Waals surface area contributed by atoms with E-state index in [-0.39, 0.29) is 19.4 Å². The molecule has 0 fully saturated rings. The van der Waals surface area contributed by atoms with Gasteiger partial charge in [-0.05, 0) is 50.9 Å². The average Bonchev–Trinajstić information content (AvgIpc) is 3.14. The Bertz CT molecular complexity index is 1160. The molecule has 0 aliphatic carbocycles. The summed E-state index contributed by atoms with van der Waals surface area (Å²) in [5.74, 6) is -0.311. The molecular formula is C42H71O11P. The molecule has 0 saturated heterocycles. The van der Waals surface area contributed by atoms with E-state index < -0.39 is 57.9 Å². The molecule has 0 amide bonds. The van der Waals surface area contributed by atoms with Gasteiger partial charge < -0.3 is 29.7 Å². The second-order valence-electron chi connectivity index (χ2n) is 13.6. The molecule has 0 bridgehead atoms. The number of aliphatic hydroxyl groups excluding tert-OH is 3. The van der Waals surface area contributed by atoms with Crippen LogP contribution in [-0.4, -0.2) is 76.9 Å². The summed E-state index contributed by atoms with van der Waals surface area (Å²) in [6.45, 7) is 4.33. The normalized spacial score (nSPS) is 15.4. The lowest BCUT2D eigenvalue weighted by Crippen LogP contribution is -2.29. The number of hydrogen-bond donors (Lipinski definition) is 4. The minimum Gasteiger partial charge on any atom is -0.462 e. The largest absolute Gasteiger partial charge is 0.472 e. The fourth-order valence-electron chi connectivity index (χ4n) is 4.82. The van der Waals surface area contributed by atoms with Crippen LogP contribution in [0.5, 0.6) is 0 Å². The third-order valence-electron chi connectivity index (χ3n) is 7.90. The van der Waals surface area contributed by atoms with Crippen molar-refractivity contribution in [1.82, 2.24) is 0 Å². The van der Waals surface area contributed by atoms with Gasteiger partial charge in [0, 0.05) is 12.8 Å². The van der Waals surface area contributed by atoms with Gasteiger partial charge in [-0.2, -0.15) is 0 Å². The van der Waals surface area contributed by atoms with Crippen LogP contribution in [0.25, 0.3) is 0 Å². The highest BCUT2D eigenvalue weighted by molar-refractivity contribution is 7.47. The van der Waals surface area contributed by atoms with Crippen molar-refractivity contribution in [3.8, 4) is 0 Å². The van der Waals surface area contributed by atoms with Crippen LogP contribution in [0.1, 0.15) is 130 Å². The molecule has 54 heavy (non-hydrogen) atoms. The van der Waals surface area contributed by atoms with E-state index >= 15 is 0 Å². The molecule has 0 aliphatic heterocycles. The van der Waals surface area contributed by atoms with Crippen molar-refractivity contribution in [3.05, 3.63) is 72.9 Å². The molecule has 4 atom stereocenters. The van der Waals surface area contributed by atoms with Crippen molar-refractivity contribution < 1.29 is 52.9 Å². The Morgan fingerprint density at radius 3 is 1.94 bits per heavy atom. The lowest BCUT2D eigenvalue weighted by atomic mass is 10.0. The zero-order valence-electron chi connectivity index (χ0n) is 33.2. The second kappa shape index (κ2) is 36.0. The van der Waals surface area contributed by atoms with Gasteiger partial charge in [-0.3, -0.25) is 18.6 Å². The Kier molecular flexibility index (Phi) is 34.3. The SMILES string of the molecule is CC/C=C\C/C=C\CC(O)/C=C/C=C\C/C=C\C/C=C\CCC(=O)O[C@H](COC(=O)CCCCCCCCCCC(C)C)COP(=O)(O)OC[C@@H](O)CO. The lowest BCUT2D eigenvalue weighted by molar-refractivity contribution is -0.161. The fourth-order valence-corrected chi connectivity index (χ4v) is 5.61. The number of rotatable bonds is 35. The van der Waals surface area contributed by atoms with Gasteiger partial charge in [-0.1, -0.05) is 145 Å². The predicted molar refractivity (Wildman–Crippen MR) is 216 cm³/mol. The Morgan fingerprint density at radius 1 is 0.685 bits per heavy atom. The quantitative estimate of drug-likeness (QED) is 0.0159. The van der Waals surface area contributed by atoms with E-state index in [4.69, 9.17) is 19.1 Å². The highest BCUT2D eigenvalue weighted by atomic mass is 31.2. The molecular weight excluding hydrogens is 711 g/mol. The number of ether oxygens (including phenoxy) is 2. The molecule has 2 unspecified atom stereocenters. The van der Waals surface area contributed by atoms with Gasteiger partial charge >= 0.3 is 19.8 Å². The number of unbranched alkanes of at least 4 members (excludes halogenated alkanes) is 7. The van der Waals surface area contributed by atoms with E-state index in [9.17, 15) is 29.3 Å². The lowest BCUT2D eigenvalue weighted by Gasteiger charge is -2.20. The van der Waals surface area contributed by atoms with Crippen LogP contribution in [0.15, 0.2) is 72.9 Å². The first-order valence-corrected chi connectivity index (χ1v) is 21.4. The molecule has 0 aliphatic rings. The van der Waals surface area contributed by atoms with Crippen LogP contribution in [0.4, 0.5) is 0 Å². The summed E-state index contributed by atoms with van der Waals surface area (Å²) in [5.41, 5.74) is 0. The van der Waals surface area contributed by atoms with Gasteiger partial charge in [0.2, 0.25) is 0 Å². The minimum atomic E-state index is -4.65. The number of phosphoric acid groups is 1. The zero-order chi connectivity index (χ0) is 40.1. The van der Waals surface area contributed by atoms with Crippen LogP contribution >= 0.6 is 7.82 Å². The Hall–Kier alpha value is -2.63. The standard InChI is InChI=1S/C42H71O11P/c1-4-5-6-7-19-24-29-38(44)30-25-20-15-10-8-9-11-17-22-27-32-42(47)53-40(36-52-54(48,49)51-34-39(45)33-43)35-50-41(46)31-26-21-16-13-12-14-18-23-28-37(2)3/h5-6,8-9,15,17,19-20,22,24-25,30,37-40,43-45H,4,7,10-14,16,18,21,23,26-29,31-36H2,1-3H3,(H,48,49)/b6-5-,9-8-,20-15-,22-17-,24-19-,30-25+/t38?,39-,40+/m0/s1. The molecule has 4 N–H and O–H groups in total. The third kappa shape index (κ3) is 36.4. The molecule has 0 radical (unpaired) electrons. The summed E-state index contributed by atoms with van der Waals surface area (Å²) in [4.78, 5) is 34.8. The molecule has 0 spiro atoms. The summed E-state index contributed by atoms with van der Waals surface area (Å²) in [5, 5.41) is 28.3. The zero-order valence-corrected chi connectivity index (χ0v) is 34.1. The van der Waals surface area contributed by atoms with E-state index in [2.05, 4.69) is 37.4 Å². The van der Waals surface area contributed by atoms with Gasteiger partial charge in [0.05, 0.1) is 25.9 Å². The molecule has 310 valence electrons. The number of aliphatic hydroxyl groups is 3. The Labute approximate surface area is 325 Å². The van der Waals surface area contributed by atoms with Crippen molar-refractivity contribution >= 4 is 19.8 Å². The first-order chi connectivity index (χ1) is 26.0. The fraction of sp³-hybridized carbons (Fsp3) is 0.667. The van der Waals surface area contributed by atoms with E-state index in [0.717, 1.165) is 44.4 Å². The minimum absolute atomic E-state index is 0.0327. The van der Waals surface area contributed by atoms with Crippen molar-refractivity contribution in [1.29, 1.82) is 0 Å². The first-order valence-electron chi connectivity index (χ1n) is 19.9. The van der Waals surface area contributed by atoms with Crippen LogP contribution in [0.2, 0.25) is 0 Å². The smallest absolute Gasteiger partial charge is 0.462 e. The van der Waals surface area contributed by atoms with Gasteiger partial charge in [0.1, 0.15) is 12.7 Å². The highest BCUT2D eigenvalue weighted by Crippen LogP contribution is 2.43. The summed E-state index contributed by atoms with van der Waals surface area (Å²) in [7, 11) is -4.65. The summed E-state index contributed by atoms with van der Waals surface area (Å²) in [6.07, 6.45) is 35.0. The molecule has 0 aromatic rings. The van der Waals surface area contributed by atoms with E-state index in [0.29, 0.717) is 25.7 Å². The van der Waals surface area contributed by atoms with Gasteiger partial charge in [-0.15, -0.1) is 0 Å². The maximum atomic E-state index is 12.5. The molecule has 11 nitrogen and oxygen atoms in total. The number of esters is 2. The van der Waals surface area contributed by atoms with Crippen LogP contribution in [0.3, 0.4) is 0 Å². The highest BCUT2D eigenvalue weighted by Gasteiger charge is 2.27. The average molecular weight is 783 g/mol. The second-order valence-corrected chi connectivity index (χ2v) is 15.1. The molecule has 0 aromatic heterocycles. The van der Waals surface area contributed by atoms with Gasteiger partial charge in [-0.25, -0.2) is 4.57 Å². The van der Waals surface area contributed by atoms with Crippen LogP contribution < -0.4 is 0 Å². The molecule has 0 aromatic carbocycles. The van der Waals surface area contributed by atoms with E-state index in [1.165, 1.54) is 32.1 Å². The maximum absolute atomic E-state index is 12.5. The van der Waals surface area contributed by atoms with Crippen LogP contribution in [-0.2, 0) is 32.7 Å². The first kappa shape index (κ1) is 51.4. The number of carbonyl (C=O) groups is 2. The Morgan fingerprint density at radius 2 is 1.28 bits per heavy atom. The number of allylic oxidation sites excluding steroid dienone is 10. The topological polar surface area (TPSA) is 169 Å². The summed E-state index contributed by atoms with van der Waals surface area (Å²) < 4.78 is 32.5. The van der Waals surface area contributed by atoms with Crippen molar-refractivity contribution in [2.24, 2.45) is 5.92 Å². The van der Waals surface area contributed by atoms with E-state index in [1.807, 2.05) is 54.7 Å².